The fourth-order valence-corrected chi connectivity index (χ4v) is 2.24. The van der Waals surface area contributed by atoms with Crippen LogP contribution in [-0.2, 0) is 13.6 Å². The van der Waals surface area contributed by atoms with Gasteiger partial charge < -0.3 is 5.32 Å². The van der Waals surface area contributed by atoms with Gasteiger partial charge in [-0.2, -0.15) is 5.10 Å². The Kier molecular flexibility index (Phi) is 4.15. The van der Waals surface area contributed by atoms with Gasteiger partial charge in [-0.25, -0.2) is 0 Å². The molecule has 0 saturated carbocycles. The molecular weight excluding hydrogens is 222 g/mol. The molecule has 2 rings (SSSR count). The molecule has 2 aromatic rings. The summed E-state index contributed by atoms with van der Waals surface area (Å²) < 4.78 is 1.87. The van der Waals surface area contributed by atoms with Gasteiger partial charge in [0.25, 0.3) is 0 Å². The van der Waals surface area contributed by atoms with E-state index in [1.807, 2.05) is 11.7 Å². The van der Waals surface area contributed by atoms with Crippen molar-refractivity contribution < 1.29 is 0 Å². The monoisotopic (exact) mass is 243 g/mol. The zero-order chi connectivity index (χ0) is 13.0. The second kappa shape index (κ2) is 5.83. The predicted molar refractivity (Wildman–Crippen MR) is 74.3 cm³/mol. The molecule has 1 unspecified atom stereocenters. The predicted octanol–water partition coefficient (Wildman–Crippen LogP) is 2.97. The number of aromatic nitrogens is 2. The lowest BCUT2D eigenvalue weighted by atomic mass is 10.0. The van der Waals surface area contributed by atoms with Crippen LogP contribution in [0.2, 0.25) is 0 Å². The molecular formula is C15H21N3. The summed E-state index contributed by atoms with van der Waals surface area (Å²) >= 11 is 0. The van der Waals surface area contributed by atoms with Gasteiger partial charge in [0, 0.05) is 31.4 Å². The molecule has 0 aliphatic rings. The highest BCUT2D eigenvalue weighted by atomic mass is 15.2. The number of hydrogen-bond donors (Lipinski definition) is 1. The molecule has 1 atom stereocenters. The van der Waals surface area contributed by atoms with E-state index in [2.05, 4.69) is 60.8 Å². The lowest BCUT2D eigenvalue weighted by molar-refractivity contribution is 0.518. The van der Waals surface area contributed by atoms with Gasteiger partial charge in [-0.1, -0.05) is 37.3 Å². The highest BCUT2D eigenvalue weighted by Crippen LogP contribution is 2.17. The third-order valence-corrected chi connectivity index (χ3v) is 3.26. The lowest BCUT2D eigenvalue weighted by Crippen LogP contribution is -2.20. The highest BCUT2D eigenvalue weighted by Gasteiger charge is 2.09. The van der Waals surface area contributed by atoms with Crippen molar-refractivity contribution in [3.05, 3.63) is 53.3 Å². The Morgan fingerprint density at radius 3 is 2.56 bits per heavy atom. The van der Waals surface area contributed by atoms with E-state index in [1.165, 1.54) is 11.1 Å². The molecule has 0 amide bonds. The Morgan fingerprint density at radius 1 is 1.28 bits per heavy atom. The number of hydrogen-bond acceptors (Lipinski definition) is 2. The summed E-state index contributed by atoms with van der Waals surface area (Å²) in [5.74, 6) is 0. The van der Waals surface area contributed by atoms with Crippen LogP contribution in [0.25, 0.3) is 0 Å². The summed E-state index contributed by atoms with van der Waals surface area (Å²) in [4.78, 5) is 0. The summed E-state index contributed by atoms with van der Waals surface area (Å²) in [5.41, 5.74) is 3.72. The maximum atomic E-state index is 4.36. The summed E-state index contributed by atoms with van der Waals surface area (Å²) in [6.07, 6.45) is 3.17. The Labute approximate surface area is 109 Å². The fraction of sp³-hybridized carbons (Fsp3) is 0.400. The number of nitrogens with zero attached hydrogens (tertiary/aromatic N) is 2. The maximum absolute atomic E-state index is 4.36. The molecule has 3 nitrogen and oxygen atoms in total. The van der Waals surface area contributed by atoms with Crippen LogP contribution in [0.15, 0.2) is 36.5 Å². The van der Waals surface area contributed by atoms with Crippen molar-refractivity contribution in [2.24, 2.45) is 7.05 Å². The van der Waals surface area contributed by atoms with Crippen molar-refractivity contribution in [1.29, 1.82) is 0 Å². The van der Waals surface area contributed by atoms with Gasteiger partial charge in [0.2, 0.25) is 0 Å². The molecule has 0 aliphatic heterocycles. The minimum atomic E-state index is 0.408. The van der Waals surface area contributed by atoms with E-state index in [0.29, 0.717) is 6.04 Å². The Morgan fingerprint density at radius 2 is 2.00 bits per heavy atom. The van der Waals surface area contributed by atoms with E-state index in [-0.39, 0.29) is 0 Å². The first kappa shape index (κ1) is 12.8. The van der Waals surface area contributed by atoms with Crippen molar-refractivity contribution in [2.45, 2.75) is 32.9 Å². The number of rotatable bonds is 5. The summed E-state index contributed by atoms with van der Waals surface area (Å²) in [7, 11) is 1.96. The van der Waals surface area contributed by atoms with Crippen molar-refractivity contribution in [3.8, 4) is 0 Å². The third kappa shape index (κ3) is 2.99. The third-order valence-electron chi connectivity index (χ3n) is 3.26. The number of benzene rings is 1. The van der Waals surface area contributed by atoms with Gasteiger partial charge in [-0.15, -0.1) is 0 Å². The highest BCUT2D eigenvalue weighted by molar-refractivity contribution is 5.20. The summed E-state index contributed by atoms with van der Waals surface area (Å²) in [6.45, 7) is 5.13. The second-order valence-electron chi connectivity index (χ2n) is 4.67. The second-order valence-corrected chi connectivity index (χ2v) is 4.67. The van der Waals surface area contributed by atoms with Crippen LogP contribution < -0.4 is 5.32 Å². The van der Waals surface area contributed by atoms with E-state index in [4.69, 9.17) is 0 Å². The molecule has 0 radical (unpaired) electrons. The van der Waals surface area contributed by atoms with Gasteiger partial charge in [0.1, 0.15) is 0 Å². The molecule has 18 heavy (non-hydrogen) atoms. The maximum Gasteiger partial charge on any atom is 0.0638 e. The molecule has 0 aliphatic carbocycles. The first-order chi connectivity index (χ1) is 8.70. The minimum Gasteiger partial charge on any atom is -0.306 e. The number of nitrogens with one attached hydrogen (secondary N) is 1. The van der Waals surface area contributed by atoms with E-state index >= 15 is 0 Å². The Balaban J connectivity index is 2.02. The van der Waals surface area contributed by atoms with Gasteiger partial charge in [0.15, 0.2) is 0 Å². The molecule has 1 aromatic carbocycles. The van der Waals surface area contributed by atoms with Gasteiger partial charge in [-0.3, -0.25) is 4.68 Å². The van der Waals surface area contributed by atoms with Crippen molar-refractivity contribution in [2.75, 3.05) is 0 Å². The first-order valence-electron chi connectivity index (χ1n) is 6.48. The van der Waals surface area contributed by atoms with Crippen LogP contribution >= 0.6 is 0 Å². The molecule has 0 fully saturated rings. The van der Waals surface area contributed by atoms with Gasteiger partial charge in [-0.05, 0) is 18.9 Å². The molecule has 0 spiro atoms. The Hall–Kier alpha value is -1.61. The van der Waals surface area contributed by atoms with Crippen LogP contribution in [0.1, 0.15) is 36.2 Å². The number of aryl methyl sites for hydroxylation is 2. The molecule has 1 N–H and O–H groups in total. The zero-order valence-electron chi connectivity index (χ0n) is 11.4. The van der Waals surface area contributed by atoms with E-state index < -0.39 is 0 Å². The topological polar surface area (TPSA) is 29.9 Å². The normalized spacial score (nSPS) is 12.6. The van der Waals surface area contributed by atoms with Crippen LogP contribution in [0.3, 0.4) is 0 Å². The SMILES string of the molecule is CCC(NCc1cn(C)nc1C)c1ccccc1. The first-order valence-corrected chi connectivity index (χ1v) is 6.48. The fourth-order valence-electron chi connectivity index (χ4n) is 2.24. The molecule has 0 bridgehead atoms. The van der Waals surface area contributed by atoms with Crippen LogP contribution in [0, 0.1) is 6.92 Å². The van der Waals surface area contributed by atoms with Gasteiger partial charge in [0.05, 0.1) is 5.69 Å². The van der Waals surface area contributed by atoms with E-state index in [1.54, 1.807) is 0 Å². The molecule has 1 aromatic heterocycles. The quantitative estimate of drug-likeness (QED) is 0.875. The van der Waals surface area contributed by atoms with Crippen LogP contribution in [0.4, 0.5) is 0 Å². The van der Waals surface area contributed by atoms with Crippen molar-refractivity contribution >= 4 is 0 Å². The Bertz CT molecular complexity index is 488. The minimum absolute atomic E-state index is 0.408. The molecule has 3 heteroatoms. The largest absolute Gasteiger partial charge is 0.306 e. The molecule has 1 heterocycles. The van der Waals surface area contributed by atoms with Gasteiger partial charge >= 0.3 is 0 Å². The average Bonchev–Trinajstić information content (AvgIpc) is 2.70. The lowest BCUT2D eigenvalue weighted by Gasteiger charge is -2.17. The van der Waals surface area contributed by atoms with E-state index in [9.17, 15) is 0 Å². The van der Waals surface area contributed by atoms with Crippen LogP contribution in [0.5, 0.6) is 0 Å². The summed E-state index contributed by atoms with van der Waals surface area (Å²) in [5, 5.41) is 7.97. The smallest absolute Gasteiger partial charge is 0.0638 e. The molecule has 96 valence electrons. The van der Waals surface area contributed by atoms with Crippen molar-refractivity contribution in [3.63, 3.8) is 0 Å². The summed E-state index contributed by atoms with van der Waals surface area (Å²) in [6, 6.07) is 11.0. The average molecular weight is 243 g/mol. The zero-order valence-corrected chi connectivity index (χ0v) is 11.4. The van der Waals surface area contributed by atoms with Crippen LogP contribution in [-0.4, -0.2) is 9.78 Å². The van der Waals surface area contributed by atoms with E-state index in [0.717, 1.165) is 18.7 Å². The van der Waals surface area contributed by atoms with Crippen molar-refractivity contribution in [1.82, 2.24) is 15.1 Å². The molecule has 0 saturated heterocycles. The standard InChI is InChI=1S/C15H21N3/c1-4-15(13-8-6-5-7-9-13)16-10-14-11-18(3)17-12(14)2/h5-9,11,15-16H,4,10H2,1-3H3.